The maximum absolute atomic E-state index is 12.9. The zero-order valence-corrected chi connectivity index (χ0v) is 15.7. The van der Waals surface area contributed by atoms with Crippen molar-refractivity contribution in [1.29, 1.82) is 0 Å². The van der Waals surface area contributed by atoms with Gasteiger partial charge in [-0.15, -0.1) is 0 Å². The topological polar surface area (TPSA) is 55.2 Å². The van der Waals surface area contributed by atoms with Gasteiger partial charge in [-0.2, -0.15) is 0 Å². The van der Waals surface area contributed by atoms with Gasteiger partial charge in [-0.05, 0) is 49.4 Å². The lowest BCUT2D eigenvalue weighted by Crippen LogP contribution is -2.37. The summed E-state index contributed by atoms with van der Waals surface area (Å²) in [7, 11) is 0. The van der Waals surface area contributed by atoms with Crippen LogP contribution >= 0.6 is 0 Å². The molecule has 4 rings (SSSR count). The Kier molecular flexibility index (Phi) is 4.52. The molecule has 0 unspecified atom stereocenters. The van der Waals surface area contributed by atoms with Gasteiger partial charge >= 0.3 is 0 Å². The van der Waals surface area contributed by atoms with Gasteiger partial charge in [0.15, 0.2) is 0 Å². The van der Waals surface area contributed by atoms with E-state index in [-0.39, 0.29) is 17.9 Å². The Bertz CT molecular complexity index is 1080. The van der Waals surface area contributed by atoms with Crippen LogP contribution in [-0.4, -0.2) is 22.0 Å². The Morgan fingerprint density at radius 2 is 1.89 bits per heavy atom. The smallest absolute Gasteiger partial charge is 0.261 e. The fourth-order valence-electron chi connectivity index (χ4n) is 3.94. The molecule has 0 aliphatic carbocycles. The molecule has 0 saturated heterocycles. The summed E-state index contributed by atoms with van der Waals surface area (Å²) in [5.41, 5.74) is 5.02. The first-order valence-electron chi connectivity index (χ1n) is 9.40. The van der Waals surface area contributed by atoms with Crippen LogP contribution in [0, 0.1) is 13.8 Å². The highest BCUT2D eigenvalue weighted by molar-refractivity contribution is 5.95. The molecule has 1 aliphatic heterocycles. The molecule has 5 nitrogen and oxygen atoms in total. The van der Waals surface area contributed by atoms with Crippen molar-refractivity contribution < 1.29 is 4.79 Å². The fraction of sp³-hybridized carbons (Fsp3) is 0.318. The molecule has 0 spiro atoms. The first kappa shape index (κ1) is 17.5. The van der Waals surface area contributed by atoms with Crippen molar-refractivity contribution in [3.63, 3.8) is 0 Å². The van der Waals surface area contributed by atoms with Crippen molar-refractivity contribution >= 4 is 22.5 Å². The number of nitrogens with zero attached hydrogens (tertiary/aromatic N) is 3. The van der Waals surface area contributed by atoms with Gasteiger partial charge in [-0.3, -0.25) is 14.2 Å². The van der Waals surface area contributed by atoms with E-state index in [2.05, 4.69) is 11.1 Å². The monoisotopic (exact) mass is 361 g/mol. The normalized spacial score (nSPS) is 13.6. The summed E-state index contributed by atoms with van der Waals surface area (Å²) in [6, 6.07) is 11.8. The average molecular weight is 361 g/mol. The largest absolute Gasteiger partial charge is 0.312 e. The van der Waals surface area contributed by atoms with Crippen LogP contribution in [0.1, 0.15) is 29.5 Å². The van der Waals surface area contributed by atoms with E-state index in [1.54, 1.807) is 17.0 Å². The van der Waals surface area contributed by atoms with Crippen LogP contribution in [0.25, 0.3) is 10.9 Å². The number of rotatable bonds is 3. The minimum Gasteiger partial charge on any atom is -0.312 e. The van der Waals surface area contributed by atoms with E-state index in [4.69, 9.17) is 0 Å². The maximum atomic E-state index is 12.9. The van der Waals surface area contributed by atoms with Crippen LogP contribution in [0.3, 0.4) is 0 Å². The Labute approximate surface area is 158 Å². The van der Waals surface area contributed by atoms with Gasteiger partial charge in [0, 0.05) is 25.2 Å². The molecule has 27 heavy (non-hydrogen) atoms. The van der Waals surface area contributed by atoms with Gasteiger partial charge < -0.3 is 4.90 Å². The summed E-state index contributed by atoms with van der Waals surface area (Å²) in [5, 5.41) is 0.601. The van der Waals surface area contributed by atoms with Crippen LogP contribution in [0.2, 0.25) is 0 Å². The van der Waals surface area contributed by atoms with Gasteiger partial charge in [-0.25, -0.2) is 4.98 Å². The van der Waals surface area contributed by atoms with Gasteiger partial charge in [0.05, 0.1) is 17.2 Å². The number of aryl methyl sites for hydroxylation is 4. The Balaban J connectivity index is 1.57. The third-order valence-corrected chi connectivity index (χ3v) is 5.34. The van der Waals surface area contributed by atoms with E-state index in [0.717, 1.165) is 41.7 Å². The van der Waals surface area contributed by atoms with Gasteiger partial charge in [0.2, 0.25) is 5.91 Å². The van der Waals surface area contributed by atoms with Crippen LogP contribution < -0.4 is 10.5 Å². The summed E-state index contributed by atoms with van der Waals surface area (Å²) < 4.78 is 1.54. The Morgan fingerprint density at radius 1 is 1.11 bits per heavy atom. The quantitative estimate of drug-likeness (QED) is 0.719. The summed E-state index contributed by atoms with van der Waals surface area (Å²) in [6.45, 7) is 5.07. The molecule has 1 amide bonds. The van der Waals surface area contributed by atoms with Crippen molar-refractivity contribution in [2.75, 3.05) is 11.4 Å². The number of anilines is 1. The molecule has 0 fully saturated rings. The minimum atomic E-state index is -0.0910. The van der Waals surface area contributed by atoms with Crippen molar-refractivity contribution in [3.8, 4) is 0 Å². The lowest BCUT2D eigenvalue weighted by molar-refractivity contribution is -0.118. The number of amides is 1. The lowest BCUT2D eigenvalue weighted by Gasteiger charge is -2.31. The number of aromatic nitrogens is 2. The second-order valence-corrected chi connectivity index (χ2v) is 7.20. The zero-order chi connectivity index (χ0) is 19.0. The van der Waals surface area contributed by atoms with E-state index in [0.29, 0.717) is 11.9 Å². The Hall–Kier alpha value is -2.95. The molecule has 0 radical (unpaired) electrons. The predicted octanol–water partition coefficient (Wildman–Crippen LogP) is 3.38. The summed E-state index contributed by atoms with van der Waals surface area (Å²) in [4.78, 5) is 31.9. The molecule has 138 valence electrons. The molecule has 0 bridgehead atoms. The van der Waals surface area contributed by atoms with Crippen LogP contribution in [-0.2, 0) is 17.8 Å². The first-order valence-corrected chi connectivity index (χ1v) is 9.40. The number of carbonyl (C=O) groups is 1. The number of para-hydroxylation sites is 2. The second-order valence-electron chi connectivity index (χ2n) is 7.20. The molecule has 2 aromatic carbocycles. The molecular formula is C22H23N3O2. The molecule has 1 aliphatic rings. The molecule has 0 atom stereocenters. The Morgan fingerprint density at radius 3 is 2.74 bits per heavy atom. The van der Waals surface area contributed by atoms with E-state index in [1.807, 2.05) is 43.0 Å². The van der Waals surface area contributed by atoms with Gasteiger partial charge in [-0.1, -0.05) is 30.3 Å². The highest BCUT2D eigenvalue weighted by Gasteiger charge is 2.23. The third kappa shape index (κ3) is 3.14. The molecule has 5 heteroatoms. The zero-order valence-electron chi connectivity index (χ0n) is 15.7. The molecule has 1 aromatic heterocycles. The summed E-state index contributed by atoms with van der Waals surface area (Å²) in [5.74, 6) is 0.0569. The van der Waals surface area contributed by atoms with Crippen molar-refractivity contribution in [3.05, 3.63) is 69.8 Å². The SMILES string of the molecule is Cc1cccc2c1N(C(=O)CCn1cnc3c(C)cccc3c1=O)CCC2. The fourth-order valence-corrected chi connectivity index (χ4v) is 3.94. The highest BCUT2D eigenvalue weighted by atomic mass is 16.2. The van der Waals surface area contributed by atoms with E-state index < -0.39 is 0 Å². The molecule has 3 aromatic rings. The molecule has 0 N–H and O–H groups in total. The third-order valence-electron chi connectivity index (χ3n) is 5.34. The number of hydrogen-bond donors (Lipinski definition) is 0. The standard InChI is InChI=1S/C22H23N3O2/c1-15-6-4-10-18-20(15)23-14-24(22(18)27)13-11-19(26)25-12-5-9-17-8-3-7-16(2)21(17)25/h3-4,6-8,10,14H,5,9,11-13H2,1-2H3. The second kappa shape index (κ2) is 6.99. The highest BCUT2D eigenvalue weighted by Crippen LogP contribution is 2.30. The number of benzene rings is 2. The lowest BCUT2D eigenvalue weighted by atomic mass is 9.98. The summed E-state index contributed by atoms with van der Waals surface area (Å²) >= 11 is 0. The van der Waals surface area contributed by atoms with Crippen LogP contribution in [0.4, 0.5) is 5.69 Å². The minimum absolute atomic E-state index is 0.0569. The average Bonchev–Trinajstić information content (AvgIpc) is 2.68. The maximum Gasteiger partial charge on any atom is 0.261 e. The van der Waals surface area contributed by atoms with Gasteiger partial charge in [0.1, 0.15) is 0 Å². The number of fused-ring (bicyclic) bond motifs is 2. The molecule has 0 saturated carbocycles. The van der Waals surface area contributed by atoms with E-state index in [9.17, 15) is 9.59 Å². The van der Waals surface area contributed by atoms with Crippen LogP contribution in [0.5, 0.6) is 0 Å². The van der Waals surface area contributed by atoms with E-state index >= 15 is 0 Å². The molecular weight excluding hydrogens is 338 g/mol. The first-order chi connectivity index (χ1) is 13.1. The van der Waals surface area contributed by atoms with E-state index in [1.165, 1.54) is 5.56 Å². The van der Waals surface area contributed by atoms with Gasteiger partial charge in [0.25, 0.3) is 5.56 Å². The number of hydrogen-bond acceptors (Lipinski definition) is 3. The predicted molar refractivity (Wildman–Crippen MR) is 107 cm³/mol. The van der Waals surface area contributed by atoms with Crippen molar-refractivity contribution in [2.45, 2.75) is 39.7 Å². The molecule has 2 heterocycles. The van der Waals surface area contributed by atoms with Crippen molar-refractivity contribution in [1.82, 2.24) is 9.55 Å². The summed E-state index contributed by atoms with van der Waals surface area (Å²) in [6.07, 6.45) is 3.82. The number of carbonyl (C=O) groups excluding carboxylic acids is 1. The van der Waals surface area contributed by atoms with Crippen molar-refractivity contribution in [2.24, 2.45) is 0 Å². The van der Waals surface area contributed by atoms with Crippen LogP contribution in [0.15, 0.2) is 47.5 Å².